The first-order valence-electron chi connectivity index (χ1n) is 10.3. The topological polar surface area (TPSA) is 57.6 Å². The summed E-state index contributed by atoms with van der Waals surface area (Å²) in [6.45, 7) is 4.21. The van der Waals surface area contributed by atoms with Crippen LogP contribution < -0.4 is 0 Å². The van der Waals surface area contributed by atoms with Gasteiger partial charge >= 0.3 is 5.97 Å². The van der Waals surface area contributed by atoms with Crippen molar-refractivity contribution >= 4 is 23.6 Å². The Morgan fingerprint density at radius 1 is 1.03 bits per heavy atom. The lowest BCUT2D eigenvalue weighted by Gasteiger charge is -2.28. The molecule has 2 aromatic carbocycles. The highest BCUT2D eigenvalue weighted by Gasteiger charge is 2.42. The zero-order valence-corrected chi connectivity index (χ0v) is 18.0. The van der Waals surface area contributed by atoms with Crippen LogP contribution in [0.2, 0.25) is 0 Å². The van der Waals surface area contributed by atoms with Crippen LogP contribution in [0.3, 0.4) is 0 Å². The van der Waals surface area contributed by atoms with Gasteiger partial charge < -0.3 is 10.0 Å². The van der Waals surface area contributed by atoms with Gasteiger partial charge in [-0.3, -0.25) is 4.79 Å². The van der Waals surface area contributed by atoms with Crippen molar-refractivity contribution in [2.75, 3.05) is 5.75 Å². The van der Waals surface area contributed by atoms with Crippen molar-refractivity contribution in [1.29, 1.82) is 0 Å². The van der Waals surface area contributed by atoms with Gasteiger partial charge in [0.2, 0.25) is 0 Å². The van der Waals surface area contributed by atoms with Crippen LogP contribution in [-0.2, 0) is 11.2 Å². The Morgan fingerprint density at radius 3 is 2.34 bits per heavy atom. The number of carbonyl (C=O) groups is 2. The van der Waals surface area contributed by atoms with Gasteiger partial charge in [0.1, 0.15) is 11.4 Å². The average molecular weight is 412 g/mol. The van der Waals surface area contributed by atoms with Crippen molar-refractivity contribution in [3.8, 4) is 0 Å². The summed E-state index contributed by atoms with van der Waals surface area (Å²) in [5.41, 5.74) is 3.87. The lowest BCUT2D eigenvalue weighted by Crippen LogP contribution is -2.42. The van der Waals surface area contributed by atoms with E-state index in [-0.39, 0.29) is 11.3 Å². The minimum atomic E-state index is -0.951. The van der Waals surface area contributed by atoms with Crippen LogP contribution >= 0.6 is 11.8 Å². The largest absolute Gasteiger partial charge is 0.480 e. The van der Waals surface area contributed by atoms with E-state index < -0.39 is 12.0 Å². The molecular formula is C24H29NO3S. The fourth-order valence-electron chi connectivity index (χ4n) is 3.65. The summed E-state index contributed by atoms with van der Waals surface area (Å²) in [6.07, 6.45) is 5.85. The third kappa shape index (κ3) is 5.21. The van der Waals surface area contributed by atoms with E-state index in [1.165, 1.54) is 41.5 Å². The molecule has 0 bridgehead atoms. The molecule has 29 heavy (non-hydrogen) atoms. The Hall–Kier alpha value is -2.27. The fraction of sp³-hybridized carbons (Fsp3) is 0.417. The van der Waals surface area contributed by atoms with E-state index >= 15 is 0 Å². The molecule has 4 nitrogen and oxygen atoms in total. The normalized spacial score (nSPS) is 18.8. The second-order valence-corrected chi connectivity index (χ2v) is 8.78. The van der Waals surface area contributed by atoms with E-state index in [0.29, 0.717) is 11.3 Å². The first-order chi connectivity index (χ1) is 14.0. The summed E-state index contributed by atoms with van der Waals surface area (Å²) in [5, 5.41) is 9.39. The highest BCUT2D eigenvalue weighted by atomic mass is 32.2. The minimum absolute atomic E-state index is 0.217. The third-order valence-corrected chi connectivity index (χ3v) is 6.73. The number of aliphatic carboxylic acids is 1. The third-order valence-electron chi connectivity index (χ3n) is 5.40. The molecule has 2 atom stereocenters. The molecule has 0 saturated carbocycles. The summed E-state index contributed by atoms with van der Waals surface area (Å²) in [5.74, 6) is -0.770. The van der Waals surface area contributed by atoms with Crippen molar-refractivity contribution in [3.63, 3.8) is 0 Å². The van der Waals surface area contributed by atoms with Crippen molar-refractivity contribution in [3.05, 3.63) is 70.8 Å². The van der Waals surface area contributed by atoms with Crippen molar-refractivity contribution in [2.24, 2.45) is 0 Å². The zero-order chi connectivity index (χ0) is 20.8. The van der Waals surface area contributed by atoms with Crippen LogP contribution in [0.4, 0.5) is 0 Å². The molecule has 1 aliphatic rings. The van der Waals surface area contributed by atoms with Crippen LogP contribution in [0.15, 0.2) is 48.5 Å². The van der Waals surface area contributed by atoms with E-state index in [1.54, 1.807) is 0 Å². The molecule has 1 saturated heterocycles. The summed E-state index contributed by atoms with van der Waals surface area (Å²) < 4.78 is 0. The van der Waals surface area contributed by atoms with Crippen molar-refractivity contribution < 1.29 is 14.7 Å². The van der Waals surface area contributed by atoms with Gasteiger partial charge in [-0.1, -0.05) is 68.1 Å². The Morgan fingerprint density at radius 2 is 1.72 bits per heavy atom. The van der Waals surface area contributed by atoms with Crippen molar-refractivity contribution in [2.45, 2.75) is 57.4 Å². The first-order valence-corrected chi connectivity index (χ1v) is 11.4. The van der Waals surface area contributed by atoms with Crippen molar-refractivity contribution in [1.82, 2.24) is 4.90 Å². The number of carboxylic acid groups (broad SMARTS) is 1. The molecule has 1 heterocycles. The molecule has 154 valence electrons. The van der Waals surface area contributed by atoms with E-state index in [1.807, 2.05) is 55.5 Å². The summed E-state index contributed by atoms with van der Waals surface area (Å²) >= 11 is 1.51. The van der Waals surface area contributed by atoms with E-state index in [4.69, 9.17) is 0 Å². The molecule has 0 aromatic heterocycles. The quantitative estimate of drug-likeness (QED) is 0.586. The lowest BCUT2D eigenvalue weighted by atomic mass is 10.0. The average Bonchev–Trinajstić information content (AvgIpc) is 3.17. The SMILES string of the molecule is CCCCCCc1ccc(C(=O)N2C(C(=O)O)CSC2c2ccc(C)cc2)cc1. The predicted molar refractivity (Wildman–Crippen MR) is 118 cm³/mol. The Kier molecular flexibility index (Phi) is 7.37. The number of rotatable bonds is 8. The van der Waals surface area contributed by atoms with Gasteiger partial charge in [0.25, 0.3) is 5.91 Å². The summed E-state index contributed by atoms with van der Waals surface area (Å²) in [4.78, 5) is 26.6. The predicted octanol–water partition coefficient (Wildman–Crippen LogP) is 5.46. The van der Waals surface area contributed by atoms with Gasteiger partial charge in [-0.15, -0.1) is 11.8 Å². The number of carboxylic acids is 1. The molecule has 0 radical (unpaired) electrons. The van der Waals surface area contributed by atoms with Crippen LogP contribution in [0.5, 0.6) is 0 Å². The minimum Gasteiger partial charge on any atom is -0.480 e. The van der Waals surface area contributed by atoms with Crippen LogP contribution in [0.25, 0.3) is 0 Å². The second-order valence-electron chi connectivity index (χ2n) is 7.67. The Bertz CT molecular complexity index is 832. The maximum atomic E-state index is 13.3. The number of thioether (sulfide) groups is 1. The van der Waals surface area contributed by atoms with E-state index in [9.17, 15) is 14.7 Å². The van der Waals surface area contributed by atoms with Gasteiger partial charge in [-0.25, -0.2) is 4.79 Å². The molecule has 0 spiro atoms. The maximum absolute atomic E-state index is 13.3. The van der Waals surface area contributed by atoms with Gasteiger partial charge in [0.15, 0.2) is 0 Å². The van der Waals surface area contributed by atoms with Crippen LogP contribution in [0.1, 0.15) is 65.0 Å². The van der Waals surface area contributed by atoms with Gasteiger partial charge in [0, 0.05) is 11.3 Å². The number of unbranched alkanes of at least 4 members (excludes halogenated alkanes) is 3. The van der Waals surface area contributed by atoms with Gasteiger partial charge in [-0.2, -0.15) is 0 Å². The molecule has 1 aliphatic heterocycles. The van der Waals surface area contributed by atoms with E-state index in [2.05, 4.69) is 6.92 Å². The second kappa shape index (κ2) is 9.97. The highest BCUT2D eigenvalue weighted by Crippen LogP contribution is 2.42. The molecule has 5 heteroatoms. The zero-order valence-electron chi connectivity index (χ0n) is 17.1. The highest BCUT2D eigenvalue weighted by molar-refractivity contribution is 7.99. The number of hydrogen-bond acceptors (Lipinski definition) is 3. The fourth-order valence-corrected chi connectivity index (χ4v) is 5.07. The molecule has 3 rings (SSSR count). The van der Waals surface area contributed by atoms with Gasteiger partial charge in [0.05, 0.1) is 0 Å². The molecular weight excluding hydrogens is 382 g/mol. The Labute approximate surface area is 177 Å². The lowest BCUT2D eigenvalue weighted by molar-refractivity contribution is -0.141. The van der Waals surface area contributed by atoms with E-state index in [0.717, 1.165) is 24.0 Å². The monoisotopic (exact) mass is 411 g/mol. The summed E-state index contributed by atoms with van der Waals surface area (Å²) in [6, 6.07) is 14.8. The maximum Gasteiger partial charge on any atom is 0.327 e. The number of hydrogen-bond donors (Lipinski definition) is 1. The van der Waals surface area contributed by atoms with Crippen LogP contribution in [-0.4, -0.2) is 33.7 Å². The number of carbonyl (C=O) groups excluding carboxylic acids is 1. The number of amides is 1. The summed E-state index contributed by atoms with van der Waals surface area (Å²) in [7, 11) is 0. The molecule has 2 aromatic rings. The molecule has 1 fully saturated rings. The smallest absolute Gasteiger partial charge is 0.327 e. The molecule has 2 unspecified atom stereocenters. The molecule has 0 aliphatic carbocycles. The standard InChI is InChI=1S/C24H29NO3S/c1-3-4-5-6-7-18-10-14-19(15-11-18)22(26)25-21(24(27)28)16-29-23(25)20-12-8-17(2)9-13-20/h8-15,21,23H,3-7,16H2,1-2H3,(H,27,28). The number of aryl methyl sites for hydroxylation is 2. The van der Waals surface area contributed by atoms with Crippen LogP contribution in [0, 0.1) is 6.92 Å². The number of nitrogens with zero attached hydrogens (tertiary/aromatic N) is 1. The van der Waals surface area contributed by atoms with Gasteiger partial charge in [-0.05, 0) is 43.0 Å². The molecule has 1 N–H and O–H groups in total. The molecule has 1 amide bonds. The Balaban J connectivity index is 1.78. The first kappa shape index (κ1) is 21.4. The number of benzene rings is 2.